The molecule has 3 atom stereocenters. The van der Waals surface area contributed by atoms with Crippen LogP contribution >= 0.6 is 0 Å². The molecule has 234 valence electrons. The number of aliphatic hydroxyl groups is 2. The molecule has 4 aromatic rings. The summed E-state index contributed by atoms with van der Waals surface area (Å²) in [4.78, 5) is 43.2. The predicted octanol–water partition coefficient (Wildman–Crippen LogP) is 5.20. The number of nitrogens with zero attached hydrogens (tertiary/aromatic N) is 2. The maximum Gasteiger partial charge on any atom is 0.264 e. The number of anilines is 2. The largest absolute Gasteiger partial charge is 0.394 e. The molecule has 0 saturated carbocycles. The third-order valence-electron chi connectivity index (χ3n) is 9.00. The van der Waals surface area contributed by atoms with Crippen LogP contribution in [0.5, 0.6) is 0 Å². The molecule has 46 heavy (non-hydrogen) atoms. The molecule has 0 aliphatic carbocycles. The summed E-state index contributed by atoms with van der Waals surface area (Å²) in [6.45, 7) is 2.28. The van der Waals surface area contributed by atoms with Crippen LogP contribution in [0.25, 0.3) is 0 Å². The number of fused-ring (bicyclic) bond motifs is 2. The molecule has 0 spiro atoms. The highest BCUT2D eigenvalue weighted by molar-refractivity contribution is 6.07. The lowest BCUT2D eigenvalue weighted by atomic mass is 9.83. The summed E-state index contributed by atoms with van der Waals surface area (Å²) in [5, 5.41) is 24.9. The van der Waals surface area contributed by atoms with E-state index >= 15 is 0 Å². The highest BCUT2D eigenvalue weighted by atomic mass is 16.3. The number of benzene rings is 4. The Morgan fingerprint density at radius 1 is 0.957 bits per heavy atom. The van der Waals surface area contributed by atoms with Crippen molar-refractivity contribution >= 4 is 29.1 Å². The van der Waals surface area contributed by atoms with Gasteiger partial charge in [0.05, 0.1) is 24.9 Å². The molecule has 0 fully saturated rings. The molecule has 0 aromatic heterocycles. The number of hydrogen-bond acceptors (Lipinski definition) is 5. The average Bonchev–Trinajstić information content (AvgIpc) is 3.30. The Bertz CT molecular complexity index is 1790. The van der Waals surface area contributed by atoms with Gasteiger partial charge in [-0.1, -0.05) is 91.9 Å². The van der Waals surface area contributed by atoms with Gasteiger partial charge in [-0.15, -0.1) is 0 Å². The number of hydrogen-bond donors (Lipinski definition) is 3. The van der Waals surface area contributed by atoms with E-state index in [2.05, 4.69) is 5.32 Å². The lowest BCUT2D eigenvalue weighted by Gasteiger charge is -2.36. The Labute approximate surface area is 268 Å². The first kappa shape index (κ1) is 31.0. The van der Waals surface area contributed by atoms with Crippen LogP contribution in [-0.2, 0) is 34.7 Å². The minimum absolute atomic E-state index is 0.0835. The van der Waals surface area contributed by atoms with Crippen molar-refractivity contribution in [2.75, 3.05) is 16.8 Å². The zero-order valence-electron chi connectivity index (χ0n) is 25.7. The van der Waals surface area contributed by atoms with Gasteiger partial charge in [0.1, 0.15) is 0 Å². The molecule has 2 aliphatic rings. The summed E-state index contributed by atoms with van der Waals surface area (Å²) in [5.74, 6) is -1.44. The second kappa shape index (κ2) is 13.1. The molecule has 0 saturated heterocycles. The first-order valence-electron chi connectivity index (χ1n) is 15.5. The minimum atomic E-state index is -1.83. The maximum absolute atomic E-state index is 14.0. The van der Waals surface area contributed by atoms with Gasteiger partial charge in [-0.3, -0.25) is 14.4 Å². The monoisotopic (exact) mass is 615 g/mol. The van der Waals surface area contributed by atoms with Crippen LogP contribution in [0.15, 0.2) is 115 Å². The quantitative estimate of drug-likeness (QED) is 0.224. The van der Waals surface area contributed by atoms with E-state index in [0.29, 0.717) is 35.5 Å². The van der Waals surface area contributed by atoms with Crippen LogP contribution in [0.4, 0.5) is 11.4 Å². The van der Waals surface area contributed by atoms with E-state index in [0.717, 1.165) is 16.7 Å². The van der Waals surface area contributed by atoms with Crippen molar-refractivity contribution in [2.45, 2.75) is 44.5 Å². The third kappa shape index (κ3) is 5.97. The topological polar surface area (TPSA) is 110 Å². The minimum Gasteiger partial charge on any atom is -0.394 e. The van der Waals surface area contributed by atoms with Gasteiger partial charge in [-0.25, -0.2) is 0 Å². The molecule has 0 radical (unpaired) electrons. The van der Waals surface area contributed by atoms with Gasteiger partial charge in [0.25, 0.3) is 11.8 Å². The lowest BCUT2D eigenvalue weighted by Crippen LogP contribution is -2.46. The molecule has 4 aromatic carbocycles. The number of carbonyl (C=O) groups excluding carboxylic acids is 3. The smallest absolute Gasteiger partial charge is 0.264 e. The first-order valence-corrected chi connectivity index (χ1v) is 15.5. The fraction of sp³-hybridized carbons (Fsp3) is 0.237. The molecule has 2 heterocycles. The van der Waals surface area contributed by atoms with Gasteiger partial charge in [0.2, 0.25) is 5.91 Å². The summed E-state index contributed by atoms with van der Waals surface area (Å²) in [5.41, 5.74) is 3.44. The van der Waals surface area contributed by atoms with E-state index in [4.69, 9.17) is 0 Å². The van der Waals surface area contributed by atoms with Crippen molar-refractivity contribution in [3.05, 3.63) is 143 Å². The van der Waals surface area contributed by atoms with Gasteiger partial charge < -0.3 is 25.3 Å². The van der Waals surface area contributed by atoms with E-state index in [1.165, 1.54) is 0 Å². The van der Waals surface area contributed by atoms with Crippen molar-refractivity contribution in [3.63, 3.8) is 0 Å². The fourth-order valence-electron chi connectivity index (χ4n) is 6.45. The summed E-state index contributed by atoms with van der Waals surface area (Å²) in [6, 6.07) is 31.1. The maximum atomic E-state index is 14.0. The zero-order valence-corrected chi connectivity index (χ0v) is 25.7. The number of rotatable bonds is 9. The Balaban J connectivity index is 1.16. The summed E-state index contributed by atoms with van der Waals surface area (Å²) >= 11 is 0. The second-order valence-corrected chi connectivity index (χ2v) is 11.9. The van der Waals surface area contributed by atoms with Crippen molar-refractivity contribution in [3.8, 4) is 0 Å². The average molecular weight is 616 g/mol. The lowest BCUT2D eigenvalue weighted by molar-refractivity contribution is -0.139. The molecular formula is C38H37N3O5. The van der Waals surface area contributed by atoms with Gasteiger partial charge in [-0.2, -0.15) is 0 Å². The number of para-hydroxylation sites is 1. The highest BCUT2D eigenvalue weighted by Gasteiger charge is 2.52. The molecule has 8 nitrogen and oxygen atoms in total. The van der Waals surface area contributed by atoms with E-state index < -0.39 is 17.4 Å². The van der Waals surface area contributed by atoms with E-state index in [-0.39, 0.29) is 37.4 Å². The standard InChI is InChI=1S/C38H37N3O5/c1-26(11-9-20-35(43)40-24-30-16-6-5-15-29(30)22-32(40)25-42)38(46)33-18-7-8-19-34(33)41(37(38)45)23-27-12-10-17-31(21-27)39-36(44)28-13-3-2-4-14-28/h2-19,21,26,32,42,46H,20,22-25H2,1H3,(H,39,44)/b11-9+/t26-,32+,38+/m1/s1. The van der Waals surface area contributed by atoms with Crippen LogP contribution in [0.2, 0.25) is 0 Å². The van der Waals surface area contributed by atoms with Gasteiger partial charge in [-0.05, 0) is 53.4 Å². The summed E-state index contributed by atoms with van der Waals surface area (Å²) < 4.78 is 0. The van der Waals surface area contributed by atoms with Crippen molar-refractivity contribution in [1.82, 2.24) is 4.90 Å². The molecular weight excluding hydrogens is 578 g/mol. The van der Waals surface area contributed by atoms with Gasteiger partial charge >= 0.3 is 0 Å². The Kier molecular flexibility index (Phi) is 8.83. The normalized spacial score (nSPS) is 19.5. The van der Waals surface area contributed by atoms with E-state index in [9.17, 15) is 24.6 Å². The van der Waals surface area contributed by atoms with Crippen molar-refractivity contribution < 1.29 is 24.6 Å². The zero-order chi connectivity index (χ0) is 32.3. The van der Waals surface area contributed by atoms with Gasteiger partial charge in [0, 0.05) is 35.7 Å². The van der Waals surface area contributed by atoms with E-state index in [1.807, 2.05) is 60.7 Å². The Hall–Kier alpha value is -5.05. The highest BCUT2D eigenvalue weighted by Crippen LogP contribution is 2.45. The van der Waals surface area contributed by atoms with Crippen LogP contribution < -0.4 is 10.2 Å². The Morgan fingerprint density at radius 2 is 1.67 bits per heavy atom. The summed E-state index contributed by atoms with van der Waals surface area (Å²) in [6.07, 6.45) is 4.11. The second-order valence-electron chi connectivity index (χ2n) is 11.9. The van der Waals surface area contributed by atoms with Crippen molar-refractivity contribution in [2.24, 2.45) is 5.92 Å². The van der Waals surface area contributed by atoms with Crippen LogP contribution in [-0.4, -0.2) is 45.5 Å². The molecule has 0 unspecified atom stereocenters. The number of nitrogens with one attached hydrogen (secondary N) is 1. The molecule has 2 aliphatic heterocycles. The van der Waals surface area contributed by atoms with Crippen molar-refractivity contribution in [1.29, 1.82) is 0 Å². The molecule has 3 amide bonds. The van der Waals surface area contributed by atoms with Crippen LogP contribution in [0.3, 0.4) is 0 Å². The number of carbonyl (C=O) groups is 3. The third-order valence-corrected chi connectivity index (χ3v) is 9.00. The molecule has 6 rings (SSSR count). The first-order chi connectivity index (χ1) is 22.3. The molecule has 8 heteroatoms. The molecule has 3 N–H and O–H groups in total. The molecule has 0 bridgehead atoms. The Morgan fingerprint density at radius 3 is 2.46 bits per heavy atom. The van der Waals surface area contributed by atoms with E-state index in [1.54, 1.807) is 71.3 Å². The fourth-order valence-corrected chi connectivity index (χ4v) is 6.45. The number of aliphatic hydroxyl groups excluding tert-OH is 1. The van der Waals surface area contributed by atoms with Crippen LogP contribution in [0, 0.1) is 5.92 Å². The predicted molar refractivity (Wildman–Crippen MR) is 177 cm³/mol. The van der Waals surface area contributed by atoms with Crippen LogP contribution in [0.1, 0.15) is 46.0 Å². The number of amides is 3. The van der Waals surface area contributed by atoms with Gasteiger partial charge in [0.15, 0.2) is 5.60 Å². The summed E-state index contributed by atoms with van der Waals surface area (Å²) in [7, 11) is 0. The SMILES string of the molecule is C[C@H](/C=C/CC(=O)N1Cc2ccccc2C[C@H]1CO)[C@@]1(O)C(=O)N(Cc2cccc(NC(=O)c3ccccc3)c2)c2ccccc21.